The smallest absolute Gasteiger partial charge is 0.333 e. The van der Waals surface area contributed by atoms with E-state index in [9.17, 15) is 9.90 Å². The highest BCUT2D eigenvalue weighted by atomic mass is 35.5. The van der Waals surface area contributed by atoms with Crippen molar-refractivity contribution in [3.05, 3.63) is 11.6 Å². The maximum Gasteiger partial charge on any atom is 0.333 e. The van der Waals surface area contributed by atoms with E-state index >= 15 is 0 Å². The molecule has 0 amide bonds. The number of aliphatic hydroxyl groups excluding tert-OH is 1. The van der Waals surface area contributed by atoms with Crippen LogP contribution in [0.1, 0.15) is 33.1 Å². The number of rotatable bonds is 5. The van der Waals surface area contributed by atoms with Crippen LogP contribution in [-0.4, -0.2) is 41.9 Å². The van der Waals surface area contributed by atoms with Gasteiger partial charge in [0.15, 0.2) is 0 Å². The number of alkyl halides is 1. The number of hydrogen-bond donors (Lipinski definition) is 1. The molecule has 0 radical (unpaired) electrons. The first-order valence-electron chi connectivity index (χ1n) is 6.30. The average Bonchev–Trinajstić information content (AvgIpc) is 2.39. The van der Waals surface area contributed by atoms with Crippen molar-refractivity contribution in [2.45, 2.75) is 56.8 Å². The van der Waals surface area contributed by atoms with Gasteiger partial charge in [0.1, 0.15) is 6.10 Å². The third kappa shape index (κ3) is 3.70. The number of carbonyl (C=O) groups is 1. The molecule has 1 aliphatic carbocycles. The molecule has 1 rings (SSSR count). The van der Waals surface area contributed by atoms with Gasteiger partial charge in [-0.15, -0.1) is 11.6 Å². The van der Waals surface area contributed by atoms with Crippen LogP contribution in [0, 0.1) is 0 Å². The molecular formula is C13H21ClO4. The molecule has 0 bridgehead atoms. The molecule has 4 nitrogen and oxygen atoms in total. The molecule has 0 saturated carbocycles. The number of aliphatic hydroxyl groups is 1. The van der Waals surface area contributed by atoms with Crippen molar-refractivity contribution in [2.24, 2.45) is 0 Å². The molecular weight excluding hydrogens is 256 g/mol. The van der Waals surface area contributed by atoms with E-state index in [0.29, 0.717) is 12.0 Å². The molecule has 0 unspecified atom stereocenters. The van der Waals surface area contributed by atoms with E-state index in [-0.39, 0.29) is 6.10 Å². The molecule has 0 spiro atoms. The molecule has 0 aromatic rings. The average molecular weight is 277 g/mol. The zero-order chi connectivity index (χ0) is 13.7. The minimum absolute atomic E-state index is 0.0745. The minimum atomic E-state index is -0.791. The van der Waals surface area contributed by atoms with Crippen molar-refractivity contribution in [1.82, 2.24) is 0 Å². The van der Waals surface area contributed by atoms with Crippen LogP contribution in [0.5, 0.6) is 0 Å². The summed E-state index contributed by atoms with van der Waals surface area (Å²) in [6.45, 7) is 4.05. The number of methoxy groups -OCH3 is 1. The lowest BCUT2D eigenvalue weighted by molar-refractivity contribution is -0.138. The van der Waals surface area contributed by atoms with Crippen LogP contribution in [0.25, 0.3) is 0 Å². The van der Waals surface area contributed by atoms with Crippen molar-refractivity contribution in [3.8, 4) is 0 Å². The van der Waals surface area contributed by atoms with Crippen molar-refractivity contribution < 1.29 is 19.4 Å². The Bertz CT molecular complexity index is 312. The van der Waals surface area contributed by atoms with E-state index < -0.39 is 23.6 Å². The Morgan fingerprint density at radius 1 is 1.56 bits per heavy atom. The van der Waals surface area contributed by atoms with Crippen molar-refractivity contribution in [1.29, 1.82) is 0 Å². The fourth-order valence-electron chi connectivity index (χ4n) is 2.04. The third-order valence-corrected chi connectivity index (χ3v) is 3.60. The normalized spacial score (nSPS) is 28.1. The highest BCUT2D eigenvalue weighted by molar-refractivity contribution is 6.22. The van der Waals surface area contributed by atoms with Crippen LogP contribution < -0.4 is 0 Å². The largest absolute Gasteiger partial charge is 0.466 e. The Hall–Kier alpha value is -0.580. The number of halogens is 1. The van der Waals surface area contributed by atoms with E-state index in [1.165, 1.54) is 7.11 Å². The summed E-state index contributed by atoms with van der Waals surface area (Å²) in [4.78, 5) is 11.5. The summed E-state index contributed by atoms with van der Waals surface area (Å²) in [5.41, 5.74) is 0.471. The van der Waals surface area contributed by atoms with Crippen molar-refractivity contribution in [3.63, 3.8) is 0 Å². The standard InChI is InChI=1S/C13H21ClO4/c1-4-9(5-2)18-11-7-8(13(16)17-3)6-10(14)12(11)15/h6,9-12,15H,4-5,7H2,1-3H3/t10-,11-,12+/m1/s1. The van der Waals surface area contributed by atoms with E-state index in [2.05, 4.69) is 4.74 Å². The summed E-state index contributed by atoms with van der Waals surface area (Å²) < 4.78 is 10.5. The number of esters is 1. The van der Waals surface area contributed by atoms with E-state index in [4.69, 9.17) is 16.3 Å². The zero-order valence-electron chi connectivity index (χ0n) is 11.1. The molecule has 3 atom stereocenters. The lowest BCUT2D eigenvalue weighted by Crippen LogP contribution is -2.42. The summed E-state index contributed by atoms with van der Waals surface area (Å²) >= 11 is 6.01. The monoisotopic (exact) mass is 276 g/mol. The quantitative estimate of drug-likeness (QED) is 0.617. The van der Waals surface area contributed by atoms with Gasteiger partial charge in [-0.1, -0.05) is 19.9 Å². The molecule has 0 aromatic carbocycles. The summed E-state index contributed by atoms with van der Waals surface area (Å²) in [7, 11) is 1.33. The fraction of sp³-hybridized carbons (Fsp3) is 0.769. The molecule has 18 heavy (non-hydrogen) atoms. The Kier molecular flexibility index (Phi) is 6.12. The van der Waals surface area contributed by atoms with Gasteiger partial charge in [0, 0.05) is 12.0 Å². The number of carbonyl (C=O) groups excluding carboxylic acids is 1. The second-order valence-corrected chi connectivity index (χ2v) is 4.94. The van der Waals surface area contributed by atoms with Crippen LogP contribution in [0.4, 0.5) is 0 Å². The summed E-state index contributed by atoms with van der Waals surface area (Å²) in [6.07, 6.45) is 2.45. The lowest BCUT2D eigenvalue weighted by atomic mass is 9.93. The molecule has 0 heterocycles. The Balaban J connectivity index is 2.75. The lowest BCUT2D eigenvalue weighted by Gasteiger charge is -2.32. The molecule has 0 saturated heterocycles. The summed E-state index contributed by atoms with van der Waals surface area (Å²) in [5, 5.41) is 9.38. The zero-order valence-corrected chi connectivity index (χ0v) is 11.8. The first-order valence-corrected chi connectivity index (χ1v) is 6.73. The topological polar surface area (TPSA) is 55.8 Å². The Morgan fingerprint density at radius 3 is 2.67 bits per heavy atom. The van der Waals surface area contributed by atoms with Crippen LogP contribution in [0.3, 0.4) is 0 Å². The molecule has 0 aromatic heterocycles. The second-order valence-electron chi connectivity index (χ2n) is 4.44. The predicted molar refractivity (Wildman–Crippen MR) is 69.6 cm³/mol. The highest BCUT2D eigenvalue weighted by Crippen LogP contribution is 2.27. The van der Waals surface area contributed by atoms with Gasteiger partial charge in [0.05, 0.1) is 24.7 Å². The maximum atomic E-state index is 11.5. The van der Waals surface area contributed by atoms with Crippen molar-refractivity contribution >= 4 is 17.6 Å². The van der Waals surface area contributed by atoms with E-state index in [1.54, 1.807) is 6.08 Å². The summed E-state index contributed by atoms with van der Waals surface area (Å²) in [5.74, 6) is -0.411. The first kappa shape index (κ1) is 15.5. The van der Waals surface area contributed by atoms with Gasteiger partial charge in [-0.05, 0) is 12.8 Å². The van der Waals surface area contributed by atoms with Gasteiger partial charge >= 0.3 is 5.97 Å². The molecule has 0 fully saturated rings. The van der Waals surface area contributed by atoms with Crippen LogP contribution in [0.2, 0.25) is 0 Å². The summed E-state index contributed by atoms with van der Waals surface area (Å²) in [6, 6.07) is 0. The van der Waals surface area contributed by atoms with Gasteiger partial charge < -0.3 is 14.6 Å². The van der Waals surface area contributed by atoms with Gasteiger partial charge in [-0.3, -0.25) is 0 Å². The predicted octanol–water partition coefficient (Wildman–Crippen LogP) is 2.03. The van der Waals surface area contributed by atoms with Gasteiger partial charge in [-0.25, -0.2) is 4.79 Å². The molecule has 1 aliphatic rings. The SMILES string of the molecule is CCC(CC)O[C@@H]1CC(C(=O)OC)=C[C@@H](Cl)[C@@H]1O. The second kappa shape index (κ2) is 7.12. The Labute approximate surface area is 113 Å². The number of hydrogen-bond acceptors (Lipinski definition) is 4. The fourth-order valence-corrected chi connectivity index (χ4v) is 2.36. The van der Waals surface area contributed by atoms with Crippen molar-refractivity contribution in [2.75, 3.05) is 7.11 Å². The van der Waals surface area contributed by atoms with Crippen LogP contribution in [0.15, 0.2) is 11.6 Å². The molecule has 1 N–H and O–H groups in total. The van der Waals surface area contributed by atoms with Crippen LogP contribution in [-0.2, 0) is 14.3 Å². The van der Waals surface area contributed by atoms with Gasteiger partial charge in [0.2, 0.25) is 0 Å². The van der Waals surface area contributed by atoms with Gasteiger partial charge in [-0.2, -0.15) is 0 Å². The molecule has 104 valence electrons. The third-order valence-electron chi connectivity index (χ3n) is 3.21. The highest BCUT2D eigenvalue weighted by Gasteiger charge is 2.35. The molecule has 5 heteroatoms. The maximum absolute atomic E-state index is 11.5. The van der Waals surface area contributed by atoms with E-state index in [0.717, 1.165) is 12.8 Å². The van der Waals surface area contributed by atoms with Crippen LogP contribution >= 0.6 is 11.6 Å². The first-order chi connectivity index (χ1) is 8.53. The van der Waals surface area contributed by atoms with E-state index in [1.807, 2.05) is 13.8 Å². The van der Waals surface area contributed by atoms with Gasteiger partial charge in [0.25, 0.3) is 0 Å². The Morgan fingerprint density at radius 2 is 2.17 bits per heavy atom. The number of ether oxygens (including phenoxy) is 2. The molecule has 0 aliphatic heterocycles. The minimum Gasteiger partial charge on any atom is -0.466 e.